The van der Waals surface area contributed by atoms with E-state index in [4.69, 9.17) is 0 Å². The topological polar surface area (TPSA) is 64.6 Å². The van der Waals surface area contributed by atoms with Gasteiger partial charge in [-0.15, -0.1) is 0 Å². The van der Waals surface area contributed by atoms with E-state index in [2.05, 4.69) is 43.2 Å². The molecule has 1 saturated carbocycles. The van der Waals surface area contributed by atoms with E-state index >= 15 is 0 Å². The minimum Gasteiger partial charge on any atom is -0.391 e. The van der Waals surface area contributed by atoms with Crippen LogP contribution >= 0.6 is 0 Å². The fraction of sp³-hybridized carbons (Fsp3) is 0.941. The van der Waals surface area contributed by atoms with Crippen molar-refractivity contribution in [3.05, 3.63) is 0 Å². The van der Waals surface area contributed by atoms with Crippen LogP contribution in [0, 0.1) is 5.92 Å². The van der Waals surface area contributed by atoms with Crippen molar-refractivity contribution in [3.63, 3.8) is 0 Å². The van der Waals surface area contributed by atoms with E-state index in [1.165, 1.54) is 0 Å². The Morgan fingerprint density at radius 1 is 1.23 bits per heavy atom. The highest BCUT2D eigenvalue weighted by molar-refractivity contribution is 5.74. The Morgan fingerprint density at radius 3 is 2.41 bits per heavy atom. The van der Waals surface area contributed by atoms with E-state index in [0.29, 0.717) is 18.5 Å². The summed E-state index contributed by atoms with van der Waals surface area (Å²) in [5.41, 5.74) is 0. The van der Waals surface area contributed by atoms with Gasteiger partial charge in [-0.3, -0.25) is 4.90 Å². The van der Waals surface area contributed by atoms with Crippen molar-refractivity contribution >= 4 is 6.03 Å². The van der Waals surface area contributed by atoms with Crippen molar-refractivity contribution in [2.45, 2.75) is 78.0 Å². The third-order valence-corrected chi connectivity index (χ3v) is 4.62. The van der Waals surface area contributed by atoms with Crippen LogP contribution in [0.2, 0.25) is 0 Å². The van der Waals surface area contributed by atoms with Gasteiger partial charge in [0.15, 0.2) is 0 Å². The zero-order valence-corrected chi connectivity index (χ0v) is 14.8. The van der Waals surface area contributed by atoms with E-state index in [0.717, 1.165) is 45.2 Å². The summed E-state index contributed by atoms with van der Waals surface area (Å²) in [7, 11) is 0. The van der Waals surface area contributed by atoms with Gasteiger partial charge in [0.1, 0.15) is 0 Å². The fourth-order valence-electron chi connectivity index (χ4n) is 3.36. The lowest BCUT2D eigenvalue weighted by Crippen LogP contribution is -2.52. The number of nitrogens with one attached hydrogen (secondary N) is 2. The molecule has 2 amide bonds. The Labute approximate surface area is 135 Å². The predicted octanol–water partition coefficient (Wildman–Crippen LogP) is 2.35. The maximum Gasteiger partial charge on any atom is 0.315 e. The van der Waals surface area contributed by atoms with Gasteiger partial charge in [0, 0.05) is 12.6 Å². The van der Waals surface area contributed by atoms with E-state index in [-0.39, 0.29) is 12.1 Å². The molecule has 3 N–H and O–H groups in total. The standard InChI is InChI=1S/C17H35N3O2/c1-5-20(6-2)14(11-13(3)4)12-18-17(22)19-15-9-7-8-10-16(15)21/h13-16,21H,5-12H2,1-4H3,(H2,18,19,22). The maximum atomic E-state index is 12.1. The second-order valence-corrected chi connectivity index (χ2v) is 6.82. The molecule has 0 aromatic heterocycles. The highest BCUT2D eigenvalue weighted by Gasteiger charge is 2.25. The van der Waals surface area contributed by atoms with Gasteiger partial charge < -0.3 is 15.7 Å². The predicted molar refractivity (Wildman–Crippen MR) is 91.0 cm³/mol. The van der Waals surface area contributed by atoms with Crippen LogP contribution in [0.3, 0.4) is 0 Å². The maximum absolute atomic E-state index is 12.1. The van der Waals surface area contributed by atoms with E-state index in [1.54, 1.807) is 0 Å². The van der Waals surface area contributed by atoms with Crippen molar-refractivity contribution in [3.8, 4) is 0 Å². The number of nitrogens with zero attached hydrogens (tertiary/aromatic N) is 1. The molecule has 1 rings (SSSR count). The number of amides is 2. The molecule has 22 heavy (non-hydrogen) atoms. The number of hydrogen-bond donors (Lipinski definition) is 3. The first-order valence-electron chi connectivity index (χ1n) is 8.94. The summed E-state index contributed by atoms with van der Waals surface area (Å²) in [5.74, 6) is 0.607. The number of urea groups is 1. The molecule has 0 aromatic rings. The van der Waals surface area contributed by atoms with Gasteiger partial charge in [-0.2, -0.15) is 0 Å². The highest BCUT2D eigenvalue weighted by atomic mass is 16.3. The summed E-state index contributed by atoms with van der Waals surface area (Å²) in [6.07, 6.45) is 4.49. The molecular weight excluding hydrogens is 278 g/mol. The molecule has 5 heteroatoms. The Kier molecular flexibility index (Phi) is 8.79. The van der Waals surface area contributed by atoms with Crippen molar-refractivity contribution in [2.75, 3.05) is 19.6 Å². The Balaban J connectivity index is 2.43. The number of likely N-dealkylation sites (N-methyl/N-ethyl adjacent to an activating group) is 1. The van der Waals surface area contributed by atoms with Gasteiger partial charge in [-0.05, 0) is 38.3 Å². The smallest absolute Gasteiger partial charge is 0.315 e. The quantitative estimate of drug-likeness (QED) is 0.644. The third kappa shape index (κ3) is 6.53. The summed E-state index contributed by atoms with van der Waals surface area (Å²) in [6, 6.07) is 0.134. The Hall–Kier alpha value is -0.810. The molecule has 0 heterocycles. The normalized spacial score (nSPS) is 23.6. The molecule has 1 aliphatic carbocycles. The molecule has 5 nitrogen and oxygen atoms in total. The minimum atomic E-state index is -0.395. The first-order chi connectivity index (χ1) is 10.5. The molecule has 3 unspecified atom stereocenters. The van der Waals surface area contributed by atoms with Crippen molar-refractivity contribution < 1.29 is 9.90 Å². The molecule has 0 aliphatic heterocycles. The van der Waals surface area contributed by atoms with Crippen LogP contribution in [0.15, 0.2) is 0 Å². The summed E-state index contributed by atoms with van der Waals surface area (Å²) in [4.78, 5) is 14.5. The molecule has 1 aliphatic rings. The lowest BCUT2D eigenvalue weighted by Gasteiger charge is -2.32. The number of aliphatic hydroxyl groups excluding tert-OH is 1. The SMILES string of the molecule is CCN(CC)C(CNC(=O)NC1CCCCC1O)CC(C)C. The summed E-state index contributed by atoms with van der Waals surface area (Å²) in [6.45, 7) is 11.4. The van der Waals surface area contributed by atoms with Crippen LogP contribution in [0.5, 0.6) is 0 Å². The van der Waals surface area contributed by atoms with Crippen LogP contribution in [-0.2, 0) is 0 Å². The van der Waals surface area contributed by atoms with Gasteiger partial charge in [-0.25, -0.2) is 4.79 Å². The Morgan fingerprint density at radius 2 is 1.86 bits per heavy atom. The number of aliphatic hydroxyl groups is 1. The number of rotatable bonds is 8. The van der Waals surface area contributed by atoms with Crippen LogP contribution < -0.4 is 10.6 Å². The van der Waals surface area contributed by atoms with Gasteiger partial charge in [0.25, 0.3) is 0 Å². The molecule has 0 bridgehead atoms. The van der Waals surface area contributed by atoms with Gasteiger partial charge in [-0.1, -0.05) is 40.5 Å². The molecule has 0 saturated heterocycles. The average molecular weight is 313 g/mol. The van der Waals surface area contributed by atoms with E-state index in [1.807, 2.05) is 0 Å². The highest BCUT2D eigenvalue weighted by Crippen LogP contribution is 2.18. The molecular formula is C17H35N3O2. The molecule has 130 valence electrons. The Bertz CT molecular complexity index is 319. The van der Waals surface area contributed by atoms with Crippen LogP contribution in [0.4, 0.5) is 4.79 Å². The molecule has 0 radical (unpaired) electrons. The van der Waals surface area contributed by atoms with Crippen molar-refractivity contribution in [2.24, 2.45) is 5.92 Å². The van der Waals surface area contributed by atoms with E-state index in [9.17, 15) is 9.90 Å². The fourth-order valence-corrected chi connectivity index (χ4v) is 3.36. The van der Waals surface area contributed by atoms with E-state index < -0.39 is 6.10 Å². The largest absolute Gasteiger partial charge is 0.391 e. The minimum absolute atomic E-state index is 0.0919. The number of carbonyl (C=O) groups excluding carboxylic acids is 1. The number of hydrogen-bond acceptors (Lipinski definition) is 3. The van der Waals surface area contributed by atoms with Crippen molar-refractivity contribution in [1.82, 2.24) is 15.5 Å². The van der Waals surface area contributed by atoms with Gasteiger partial charge >= 0.3 is 6.03 Å². The first kappa shape index (κ1) is 19.2. The molecule has 0 spiro atoms. The van der Waals surface area contributed by atoms with Gasteiger partial charge in [0.2, 0.25) is 0 Å². The second kappa shape index (κ2) is 10.1. The average Bonchev–Trinajstić information content (AvgIpc) is 2.47. The summed E-state index contributed by atoms with van der Waals surface area (Å²) >= 11 is 0. The molecule has 1 fully saturated rings. The lowest BCUT2D eigenvalue weighted by atomic mass is 9.93. The monoisotopic (exact) mass is 313 g/mol. The summed E-state index contributed by atoms with van der Waals surface area (Å²) < 4.78 is 0. The second-order valence-electron chi connectivity index (χ2n) is 6.82. The number of carbonyl (C=O) groups is 1. The lowest BCUT2D eigenvalue weighted by molar-refractivity contribution is 0.0939. The first-order valence-corrected chi connectivity index (χ1v) is 8.94. The van der Waals surface area contributed by atoms with Crippen molar-refractivity contribution in [1.29, 1.82) is 0 Å². The third-order valence-electron chi connectivity index (χ3n) is 4.62. The van der Waals surface area contributed by atoms with Crippen LogP contribution in [0.25, 0.3) is 0 Å². The van der Waals surface area contributed by atoms with Crippen LogP contribution in [-0.4, -0.2) is 53.9 Å². The zero-order chi connectivity index (χ0) is 16.5. The van der Waals surface area contributed by atoms with Crippen LogP contribution in [0.1, 0.15) is 59.8 Å². The van der Waals surface area contributed by atoms with Gasteiger partial charge in [0.05, 0.1) is 12.1 Å². The molecule has 0 aromatic carbocycles. The summed E-state index contributed by atoms with van der Waals surface area (Å²) in [5, 5.41) is 15.9. The molecule has 3 atom stereocenters. The zero-order valence-electron chi connectivity index (χ0n) is 14.8.